The summed E-state index contributed by atoms with van der Waals surface area (Å²) in [6, 6.07) is 5.82. The van der Waals surface area contributed by atoms with Crippen LogP contribution in [0.15, 0.2) is 24.3 Å². The Balaban J connectivity index is 2.18. The number of benzene rings is 1. The molecule has 21 heavy (non-hydrogen) atoms. The smallest absolute Gasteiger partial charge is 0.325 e. The SMILES string of the molecule is O=C(O)Cn1nc(-c2cccc(F)c2)c2c1CCCC2=O. The van der Waals surface area contributed by atoms with Gasteiger partial charge >= 0.3 is 5.97 Å². The molecule has 0 unspecified atom stereocenters. The van der Waals surface area contributed by atoms with E-state index in [0.717, 1.165) is 0 Å². The number of aromatic nitrogens is 2. The predicted octanol–water partition coefficient (Wildman–Crippen LogP) is 2.29. The first kappa shape index (κ1) is 13.5. The van der Waals surface area contributed by atoms with Crippen LogP contribution in [0.25, 0.3) is 11.3 Å². The number of halogens is 1. The number of fused-ring (bicyclic) bond motifs is 1. The van der Waals surface area contributed by atoms with Crippen LogP contribution in [0.4, 0.5) is 4.39 Å². The normalized spacial score (nSPS) is 14.0. The van der Waals surface area contributed by atoms with Crippen LogP contribution in [0.2, 0.25) is 0 Å². The molecule has 1 aliphatic carbocycles. The maximum atomic E-state index is 13.4. The molecule has 108 valence electrons. The van der Waals surface area contributed by atoms with Gasteiger partial charge in [0, 0.05) is 12.0 Å². The number of ketones is 1. The second-order valence-electron chi connectivity index (χ2n) is 5.01. The van der Waals surface area contributed by atoms with Crippen molar-refractivity contribution >= 4 is 11.8 Å². The molecule has 0 amide bonds. The topological polar surface area (TPSA) is 72.2 Å². The zero-order valence-corrected chi connectivity index (χ0v) is 11.2. The van der Waals surface area contributed by atoms with E-state index in [0.29, 0.717) is 41.8 Å². The molecule has 1 aromatic carbocycles. The van der Waals surface area contributed by atoms with E-state index >= 15 is 0 Å². The quantitative estimate of drug-likeness (QED) is 0.940. The van der Waals surface area contributed by atoms with Crippen molar-refractivity contribution in [3.05, 3.63) is 41.3 Å². The summed E-state index contributed by atoms with van der Waals surface area (Å²) in [6.07, 6.45) is 1.70. The summed E-state index contributed by atoms with van der Waals surface area (Å²) in [6.45, 7) is -0.301. The minimum atomic E-state index is -1.02. The molecular weight excluding hydrogens is 275 g/mol. The third-order valence-electron chi connectivity index (χ3n) is 3.54. The number of hydrogen-bond acceptors (Lipinski definition) is 3. The van der Waals surface area contributed by atoms with E-state index in [-0.39, 0.29) is 12.3 Å². The van der Waals surface area contributed by atoms with Gasteiger partial charge in [-0.25, -0.2) is 4.39 Å². The number of aliphatic carboxylic acids is 1. The maximum Gasteiger partial charge on any atom is 0.325 e. The number of Topliss-reactive ketones (excluding diaryl/α,β-unsaturated/α-hetero) is 1. The summed E-state index contributed by atoms with van der Waals surface area (Å²) < 4.78 is 14.7. The lowest BCUT2D eigenvalue weighted by Gasteiger charge is -2.12. The minimum Gasteiger partial charge on any atom is -0.480 e. The fourth-order valence-corrected chi connectivity index (χ4v) is 2.68. The highest BCUT2D eigenvalue weighted by Gasteiger charge is 2.28. The van der Waals surface area contributed by atoms with Crippen LogP contribution in [-0.2, 0) is 17.8 Å². The Morgan fingerprint density at radius 2 is 2.19 bits per heavy atom. The molecule has 5 nitrogen and oxygen atoms in total. The lowest BCUT2D eigenvalue weighted by molar-refractivity contribution is -0.137. The monoisotopic (exact) mass is 288 g/mol. The molecule has 1 aromatic heterocycles. The van der Waals surface area contributed by atoms with Gasteiger partial charge in [-0.15, -0.1) is 0 Å². The van der Waals surface area contributed by atoms with Crippen molar-refractivity contribution in [3.63, 3.8) is 0 Å². The summed E-state index contributed by atoms with van der Waals surface area (Å²) in [5, 5.41) is 13.2. The van der Waals surface area contributed by atoms with Crippen molar-refractivity contribution in [2.24, 2.45) is 0 Å². The summed E-state index contributed by atoms with van der Waals surface area (Å²) >= 11 is 0. The van der Waals surface area contributed by atoms with Crippen LogP contribution in [0.1, 0.15) is 28.9 Å². The molecule has 6 heteroatoms. The molecule has 0 bridgehead atoms. The summed E-state index contributed by atoms with van der Waals surface area (Å²) in [5.74, 6) is -1.51. The number of carboxylic acids is 1. The number of carbonyl (C=O) groups is 2. The van der Waals surface area contributed by atoms with Crippen molar-refractivity contribution < 1.29 is 19.1 Å². The second kappa shape index (κ2) is 5.12. The van der Waals surface area contributed by atoms with E-state index in [4.69, 9.17) is 5.11 Å². The molecule has 0 saturated carbocycles. The van der Waals surface area contributed by atoms with Gasteiger partial charge in [-0.2, -0.15) is 5.10 Å². The third-order valence-corrected chi connectivity index (χ3v) is 3.54. The van der Waals surface area contributed by atoms with Crippen LogP contribution >= 0.6 is 0 Å². The first-order valence-electron chi connectivity index (χ1n) is 6.67. The highest BCUT2D eigenvalue weighted by atomic mass is 19.1. The Hall–Kier alpha value is -2.50. The van der Waals surface area contributed by atoms with Crippen molar-refractivity contribution in [2.75, 3.05) is 0 Å². The van der Waals surface area contributed by atoms with Crippen LogP contribution in [0, 0.1) is 5.82 Å². The van der Waals surface area contributed by atoms with Crippen LogP contribution in [0.5, 0.6) is 0 Å². The highest BCUT2D eigenvalue weighted by Crippen LogP contribution is 2.31. The molecule has 0 aliphatic heterocycles. The standard InChI is InChI=1S/C15H13FN2O3/c16-10-4-1-3-9(7-10)15-14-11(5-2-6-12(14)19)18(17-15)8-13(20)21/h1,3-4,7H,2,5-6,8H2,(H,20,21). The maximum absolute atomic E-state index is 13.4. The van der Waals surface area contributed by atoms with E-state index in [1.807, 2.05) is 0 Å². The minimum absolute atomic E-state index is 0.0628. The number of hydrogen-bond donors (Lipinski definition) is 1. The molecule has 0 spiro atoms. The van der Waals surface area contributed by atoms with Gasteiger partial charge in [-0.1, -0.05) is 12.1 Å². The van der Waals surface area contributed by atoms with Gasteiger partial charge < -0.3 is 5.11 Å². The van der Waals surface area contributed by atoms with Crippen molar-refractivity contribution in [2.45, 2.75) is 25.8 Å². The third kappa shape index (κ3) is 2.44. The Labute approximate surface area is 120 Å². The van der Waals surface area contributed by atoms with Crippen molar-refractivity contribution in [3.8, 4) is 11.3 Å². The number of carboxylic acid groups (broad SMARTS) is 1. The second-order valence-corrected chi connectivity index (χ2v) is 5.01. The molecule has 0 atom stereocenters. The summed E-state index contributed by atoms with van der Waals surface area (Å²) in [5.41, 5.74) is 1.93. The Bertz CT molecular complexity index is 737. The van der Waals surface area contributed by atoms with Gasteiger partial charge in [-0.3, -0.25) is 14.3 Å². The molecular formula is C15H13FN2O3. The first-order chi connectivity index (χ1) is 10.1. The number of nitrogens with zero attached hydrogens (tertiary/aromatic N) is 2. The average Bonchev–Trinajstić information content (AvgIpc) is 2.78. The van der Waals surface area contributed by atoms with Gasteiger partial charge in [0.25, 0.3) is 0 Å². The molecule has 1 heterocycles. The lowest BCUT2D eigenvalue weighted by Crippen LogP contribution is -2.17. The zero-order valence-electron chi connectivity index (χ0n) is 11.2. The number of carbonyl (C=O) groups excluding carboxylic acids is 1. The largest absolute Gasteiger partial charge is 0.480 e. The van der Waals surface area contributed by atoms with Crippen LogP contribution < -0.4 is 0 Å². The molecule has 0 radical (unpaired) electrons. The number of rotatable bonds is 3. The van der Waals surface area contributed by atoms with Gasteiger partial charge in [0.2, 0.25) is 0 Å². The Kier molecular flexibility index (Phi) is 3.29. The zero-order chi connectivity index (χ0) is 15.0. The van der Waals surface area contributed by atoms with Crippen molar-refractivity contribution in [1.82, 2.24) is 9.78 Å². The molecule has 3 rings (SSSR count). The Morgan fingerprint density at radius 3 is 2.90 bits per heavy atom. The Morgan fingerprint density at radius 1 is 1.38 bits per heavy atom. The van der Waals surface area contributed by atoms with Gasteiger partial charge in [0.15, 0.2) is 5.78 Å². The van der Waals surface area contributed by atoms with Gasteiger partial charge in [0.1, 0.15) is 18.1 Å². The van der Waals surface area contributed by atoms with Crippen molar-refractivity contribution in [1.29, 1.82) is 0 Å². The van der Waals surface area contributed by atoms with E-state index in [1.54, 1.807) is 12.1 Å². The molecule has 0 saturated heterocycles. The first-order valence-corrected chi connectivity index (χ1v) is 6.67. The highest BCUT2D eigenvalue weighted by molar-refractivity contribution is 6.03. The predicted molar refractivity (Wildman–Crippen MR) is 72.5 cm³/mol. The van der Waals surface area contributed by atoms with Gasteiger partial charge in [0.05, 0.1) is 11.3 Å². The summed E-state index contributed by atoms with van der Waals surface area (Å²) in [7, 11) is 0. The fourth-order valence-electron chi connectivity index (χ4n) is 2.68. The van der Waals surface area contributed by atoms with E-state index in [1.165, 1.54) is 16.8 Å². The summed E-state index contributed by atoms with van der Waals surface area (Å²) in [4.78, 5) is 23.1. The molecule has 0 fully saturated rings. The molecule has 1 N–H and O–H groups in total. The fraction of sp³-hybridized carbons (Fsp3) is 0.267. The van der Waals surface area contributed by atoms with E-state index in [9.17, 15) is 14.0 Å². The van der Waals surface area contributed by atoms with E-state index < -0.39 is 11.8 Å². The molecule has 2 aromatic rings. The average molecular weight is 288 g/mol. The van der Waals surface area contributed by atoms with E-state index in [2.05, 4.69) is 5.10 Å². The molecule has 1 aliphatic rings. The van der Waals surface area contributed by atoms with Crippen LogP contribution in [0.3, 0.4) is 0 Å². The lowest BCUT2D eigenvalue weighted by atomic mass is 9.92. The van der Waals surface area contributed by atoms with Gasteiger partial charge in [-0.05, 0) is 25.0 Å². The van der Waals surface area contributed by atoms with Crippen LogP contribution in [-0.4, -0.2) is 26.6 Å².